The zero-order chi connectivity index (χ0) is 84.2. The van der Waals surface area contributed by atoms with Crippen molar-refractivity contribution in [3.05, 3.63) is 178 Å². The summed E-state index contributed by atoms with van der Waals surface area (Å²) in [4.78, 5) is 80.5. The molecule has 634 valence electrons. The molecule has 9 aliphatic rings. The highest BCUT2D eigenvalue weighted by Gasteiger charge is 2.34. The normalized spacial score (nSPS) is 20.0. The summed E-state index contributed by atoms with van der Waals surface area (Å²) in [6.45, 7) is 20.0. The molecule has 4 fully saturated rings. The lowest BCUT2D eigenvalue weighted by Crippen LogP contribution is -2.44. The van der Waals surface area contributed by atoms with E-state index in [4.69, 9.17) is 50.6 Å². The third-order valence-electron chi connectivity index (χ3n) is 25.1. The van der Waals surface area contributed by atoms with Crippen molar-refractivity contribution < 1.29 is 40.2 Å². The minimum atomic E-state index is -0.239. The van der Waals surface area contributed by atoms with Crippen LogP contribution in [0.5, 0.6) is 28.7 Å². The molecule has 4 saturated heterocycles. The summed E-state index contributed by atoms with van der Waals surface area (Å²) in [5.41, 5.74) is 20.7. The van der Waals surface area contributed by atoms with Crippen molar-refractivity contribution in [2.24, 2.45) is 35.3 Å². The first-order valence-electron chi connectivity index (χ1n) is 44.1. The van der Waals surface area contributed by atoms with E-state index in [0.717, 1.165) is 230 Å². The minimum Gasteiger partial charge on any atom is -0.507 e. The van der Waals surface area contributed by atoms with Gasteiger partial charge in [0.05, 0.1) is 63.1 Å². The Bertz CT molecular complexity index is 5320. The summed E-state index contributed by atoms with van der Waals surface area (Å²) in [6, 6.07) is 36.1. The van der Waals surface area contributed by atoms with E-state index in [2.05, 4.69) is 62.9 Å². The number of aliphatic hydroxyl groups excluding tert-OH is 1. The predicted octanol–water partition coefficient (Wildman–Crippen LogP) is 14.3. The summed E-state index contributed by atoms with van der Waals surface area (Å²) in [5, 5.41) is 66.9. The standard InChI is InChI=1S/C21H26N4O2.C20H23N3O2.C19H24N4O.C18H23N3O2.C18H21N3O/c1-13-8-9-15-17(11-13)23-20(16-6-2-3-7-18(16)26)24-21(15)25-10-4-5-14(12-25)19(22)27;1-13-6-7-15-17(12-13)21-19(16-4-2-3-5-18(16)25)22-20(15)23-10-8-14(24)9-11-23;1-13-6-7-14-16(12-13)21-18(15-4-2-3-5-17(15)24)22-19(14)23-10-8-20-9-11-23;1-11-7-8-13-15(9-11)20-18(14-5-3-4-6-16(14)23)21-17(13)19-12(2)10-22;22-16-10-3-2-7-14(16)17-19-15-9-6-8-13(15)18(20-17)21-11-4-1-5-12-21/h2-3,6-7,13-14,26H,4-5,8-12H2,1H3,(H2,22,27);2-5,13,25H,6-12H2,1H3;2-5,13,20,24H,6-12H2,1H3;3-6,11-12,22-23H,7-10H2,1-2H3,(H,19,20,21);2-3,7,10,22H,1,4-6,8-9,11-12H2. The number of carbonyl (C=O) groups excluding carboxylic acids is 2. The van der Waals surface area contributed by atoms with Crippen molar-refractivity contribution >= 4 is 40.8 Å². The minimum absolute atomic E-state index is 0.0428. The van der Waals surface area contributed by atoms with Gasteiger partial charge >= 0.3 is 0 Å². The number of ketones is 1. The number of aromatic hydroxyl groups is 5. The van der Waals surface area contributed by atoms with E-state index in [1.165, 1.54) is 53.6 Å². The number of anilines is 5. The van der Waals surface area contributed by atoms with Gasteiger partial charge in [-0.25, -0.2) is 49.8 Å². The van der Waals surface area contributed by atoms with Crippen LogP contribution in [0.1, 0.15) is 168 Å². The fourth-order valence-electron chi connectivity index (χ4n) is 18.2. The number of nitrogens with one attached hydrogen (secondary N) is 2. The summed E-state index contributed by atoms with van der Waals surface area (Å²) >= 11 is 0. The van der Waals surface area contributed by atoms with Gasteiger partial charge in [0.25, 0.3) is 0 Å². The van der Waals surface area contributed by atoms with E-state index < -0.39 is 0 Å². The quantitative estimate of drug-likeness (QED) is 0.0518. The zero-order valence-corrected chi connectivity index (χ0v) is 70.7. The average molecular weight is 1640 g/mol. The fourth-order valence-corrected chi connectivity index (χ4v) is 18.2. The Morgan fingerprint density at radius 1 is 0.397 bits per heavy atom. The van der Waals surface area contributed by atoms with E-state index in [0.29, 0.717) is 94.7 Å². The van der Waals surface area contributed by atoms with Crippen molar-refractivity contribution in [3.63, 3.8) is 0 Å². The summed E-state index contributed by atoms with van der Waals surface area (Å²) in [6.07, 6.45) is 22.3. The first-order chi connectivity index (χ1) is 58.8. The van der Waals surface area contributed by atoms with Gasteiger partial charge in [0, 0.05) is 118 Å². The molecule has 0 spiro atoms. The highest BCUT2D eigenvalue weighted by molar-refractivity contribution is 5.81. The van der Waals surface area contributed by atoms with Gasteiger partial charge in [0.2, 0.25) is 5.91 Å². The van der Waals surface area contributed by atoms with E-state index in [-0.39, 0.29) is 53.2 Å². The molecule has 5 aliphatic carbocycles. The SMILES string of the molecule is CC1CCc2c(nc(-c3ccccc3O)nc2N2CCC(=O)CC2)C1.CC1CCc2c(nc(-c3ccccc3O)nc2N2CCCC(C(N)=O)C2)C1.CC1CCc2c(nc(-c3ccccc3O)nc2N2CCNCC2)C1.CC1CCc2c(nc(-c3ccccc3O)nc2NC(C)CO)C1.Oc1ccccc1-c1nc2c(c(N3CCCCC3)n1)CCC2. The lowest BCUT2D eigenvalue weighted by atomic mass is 9.87. The maximum Gasteiger partial charge on any atom is 0.222 e. The summed E-state index contributed by atoms with van der Waals surface area (Å²) < 4.78 is 0. The third-order valence-corrected chi connectivity index (χ3v) is 25.1. The Morgan fingerprint density at radius 3 is 1.13 bits per heavy atom. The average Bonchev–Trinajstić information content (AvgIpc) is 1.65. The number of benzene rings is 5. The predicted molar refractivity (Wildman–Crippen MR) is 474 cm³/mol. The maximum absolute atomic E-state index is 11.7. The molecule has 0 radical (unpaired) electrons. The highest BCUT2D eigenvalue weighted by atomic mass is 16.3. The van der Waals surface area contributed by atoms with Gasteiger partial charge in [-0.2, -0.15) is 0 Å². The van der Waals surface area contributed by atoms with Crippen LogP contribution in [-0.4, -0.2) is 170 Å². The van der Waals surface area contributed by atoms with Crippen molar-refractivity contribution in [1.29, 1.82) is 0 Å². The molecule has 6 unspecified atom stereocenters. The Kier molecular flexibility index (Phi) is 27.2. The number of hydrogen-bond donors (Lipinski definition) is 9. The fraction of sp³-hybridized carbons (Fsp3) is 0.458. The molecule has 10 N–H and O–H groups in total. The number of nitrogens with two attached hydrogens (primary N) is 1. The van der Waals surface area contributed by atoms with E-state index in [9.17, 15) is 40.2 Å². The van der Waals surface area contributed by atoms with Crippen LogP contribution in [0.4, 0.5) is 29.1 Å². The number of fused-ring (bicyclic) bond motifs is 5. The zero-order valence-electron chi connectivity index (χ0n) is 70.7. The van der Waals surface area contributed by atoms with Crippen molar-refractivity contribution in [3.8, 4) is 85.7 Å². The number of primary amides is 1. The molecule has 25 heteroatoms. The highest BCUT2D eigenvalue weighted by Crippen LogP contribution is 2.42. The van der Waals surface area contributed by atoms with Crippen LogP contribution < -0.4 is 36.0 Å². The number of amides is 1. The number of Topliss-reactive ketones (excluding diaryl/α,β-unsaturated/α-hetero) is 1. The lowest BCUT2D eigenvalue weighted by Gasteiger charge is -2.35. The molecule has 10 aromatic rings. The topological polar surface area (TPSA) is 347 Å². The van der Waals surface area contributed by atoms with E-state index in [1.807, 2.05) is 79.7 Å². The Labute approximate surface area is 709 Å². The van der Waals surface area contributed by atoms with Crippen molar-refractivity contribution in [2.45, 2.75) is 182 Å². The summed E-state index contributed by atoms with van der Waals surface area (Å²) in [7, 11) is 0. The molecule has 19 rings (SSSR count). The second kappa shape index (κ2) is 39.0. The molecule has 4 aliphatic heterocycles. The molecule has 0 bridgehead atoms. The summed E-state index contributed by atoms with van der Waals surface area (Å²) in [5.74, 6) is 11.3. The van der Waals surface area contributed by atoms with Crippen LogP contribution in [0.2, 0.25) is 0 Å². The molecular formula is C96H117N17O8. The first kappa shape index (κ1) is 84.6. The largest absolute Gasteiger partial charge is 0.507 e. The number of aryl methyl sites for hydroxylation is 1. The number of aliphatic hydroxyl groups is 1. The number of carbonyl (C=O) groups is 2. The molecule has 5 aromatic carbocycles. The van der Waals surface area contributed by atoms with E-state index >= 15 is 0 Å². The number of para-hydroxylation sites is 5. The van der Waals surface area contributed by atoms with Gasteiger partial charge in [-0.15, -0.1) is 0 Å². The van der Waals surface area contributed by atoms with Crippen LogP contribution >= 0.6 is 0 Å². The number of rotatable bonds is 13. The Hall–Kier alpha value is -11.4. The first-order valence-corrected chi connectivity index (χ1v) is 44.1. The monoisotopic (exact) mass is 1640 g/mol. The van der Waals surface area contributed by atoms with Gasteiger partial charge in [0.1, 0.15) is 63.6 Å². The maximum atomic E-state index is 11.7. The van der Waals surface area contributed by atoms with Gasteiger partial charge < -0.3 is 66.6 Å². The van der Waals surface area contributed by atoms with Crippen molar-refractivity contribution in [1.82, 2.24) is 55.2 Å². The lowest BCUT2D eigenvalue weighted by molar-refractivity contribution is -0.122. The van der Waals surface area contributed by atoms with Crippen LogP contribution in [0.25, 0.3) is 56.9 Å². The van der Waals surface area contributed by atoms with Gasteiger partial charge in [0.15, 0.2) is 29.1 Å². The molecule has 9 heterocycles. The molecule has 25 nitrogen and oxygen atoms in total. The number of piperidine rings is 3. The second-order valence-corrected chi connectivity index (χ2v) is 34.6. The number of piperazine rings is 1. The number of hydrogen-bond acceptors (Lipinski definition) is 24. The van der Waals surface area contributed by atoms with E-state index in [1.54, 1.807) is 48.5 Å². The van der Waals surface area contributed by atoms with Crippen LogP contribution in [0.15, 0.2) is 121 Å². The number of nitrogens with zero attached hydrogens (tertiary/aromatic N) is 14. The number of phenols is 5. The number of phenolic OH excluding ortho intramolecular Hbond substituents is 5. The molecule has 1 amide bonds. The molecular weight excluding hydrogens is 1520 g/mol. The smallest absolute Gasteiger partial charge is 0.222 e. The number of aromatic nitrogens is 10. The van der Waals surface area contributed by atoms with Gasteiger partial charge in [-0.3, -0.25) is 9.59 Å². The molecule has 0 saturated carbocycles. The Morgan fingerprint density at radius 2 is 0.736 bits per heavy atom. The molecule has 121 heavy (non-hydrogen) atoms. The molecule has 5 aromatic heterocycles. The van der Waals surface area contributed by atoms with Gasteiger partial charge in [-0.1, -0.05) is 88.4 Å². The molecule has 6 atom stereocenters. The van der Waals surface area contributed by atoms with Crippen LogP contribution in [0, 0.1) is 29.6 Å². The third kappa shape index (κ3) is 20.1. The van der Waals surface area contributed by atoms with Crippen LogP contribution in [0.3, 0.4) is 0 Å². The Balaban J connectivity index is 0.000000118. The second-order valence-electron chi connectivity index (χ2n) is 34.6. The van der Waals surface area contributed by atoms with Crippen LogP contribution in [-0.2, 0) is 73.8 Å². The van der Waals surface area contributed by atoms with Crippen molar-refractivity contribution in [2.75, 3.05) is 97.0 Å². The van der Waals surface area contributed by atoms with Gasteiger partial charge in [-0.05, 0) is 220 Å².